The van der Waals surface area contributed by atoms with Gasteiger partial charge in [-0.05, 0) is 12.5 Å². The Bertz CT molecular complexity index is 707. The summed E-state index contributed by atoms with van der Waals surface area (Å²) >= 11 is 0. The Morgan fingerprint density at radius 2 is 1.42 bits per heavy atom. The topological polar surface area (TPSA) is 57.2 Å². The molecule has 0 aromatic heterocycles. The first-order valence-corrected chi connectivity index (χ1v) is 8.96. The fourth-order valence-electron chi connectivity index (χ4n) is 3.79. The highest BCUT2D eigenvalue weighted by atomic mass is 16.7. The van der Waals surface area contributed by atoms with Crippen molar-refractivity contribution in [3.63, 3.8) is 0 Å². The number of rotatable bonds is 3. The van der Waals surface area contributed by atoms with Crippen LogP contribution in [0.1, 0.15) is 30.4 Å². The monoisotopic (exact) mass is 356 g/mol. The maximum absolute atomic E-state index is 10.5. The van der Waals surface area contributed by atoms with E-state index in [9.17, 15) is 5.11 Å². The van der Waals surface area contributed by atoms with Crippen LogP contribution in [0.4, 0.5) is 0 Å². The van der Waals surface area contributed by atoms with Crippen molar-refractivity contribution in [2.75, 3.05) is 7.11 Å². The second kappa shape index (κ2) is 7.47. The van der Waals surface area contributed by atoms with Crippen molar-refractivity contribution in [2.45, 2.75) is 49.8 Å². The van der Waals surface area contributed by atoms with E-state index in [1.165, 1.54) is 0 Å². The highest BCUT2D eigenvalue weighted by Crippen LogP contribution is 2.44. The largest absolute Gasteiger partial charge is 0.388 e. The number of benzene rings is 2. The summed E-state index contributed by atoms with van der Waals surface area (Å²) in [5.41, 5.74) is 1.94. The number of ether oxygens (including phenoxy) is 4. The Balaban J connectivity index is 1.72. The average molecular weight is 356 g/mol. The van der Waals surface area contributed by atoms with Gasteiger partial charge in [-0.2, -0.15) is 0 Å². The fraction of sp³-hybridized carbons (Fsp3) is 0.429. The zero-order valence-electron chi connectivity index (χ0n) is 14.9. The smallest absolute Gasteiger partial charge is 0.185 e. The molecule has 0 spiro atoms. The molecule has 0 aliphatic carbocycles. The van der Waals surface area contributed by atoms with Crippen LogP contribution in [0, 0.1) is 0 Å². The number of methoxy groups -OCH3 is 1. The zero-order valence-corrected chi connectivity index (χ0v) is 14.9. The molecule has 0 unspecified atom stereocenters. The van der Waals surface area contributed by atoms with E-state index < -0.39 is 24.6 Å². The third kappa shape index (κ3) is 3.17. The summed E-state index contributed by atoms with van der Waals surface area (Å²) in [6.45, 7) is 1.85. The van der Waals surface area contributed by atoms with Crippen LogP contribution in [0.15, 0.2) is 60.7 Å². The number of hydrogen-bond acceptors (Lipinski definition) is 5. The lowest BCUT2D eigenvalue weighted by Crippen LogP contribution is -2.62. The quantitative estimate of drug-likeness (QED) is 0.916. The van der Waals surface area contributed by atoms with Crippen LogP contribution in [0.5, 0.6) is 0 Å². The molecule has 0 radical (unpaired) electrons. The van der Waals surface area contributed by atoms with Crippen molar-refractivity contribution in [3.05, 3.63) is 71.8 Å². The van der Waals surface area contributed by atoms with E-state index in [0.29, 0.717) is 0 Å². The molecule has 2 fully saturated rings. The number of fused-ring (bicyclic) bond motifs is 1. The second-order valence-electron chi connectivity index (χ2n) is 6.81. The molecule has 7 atom stereocenters. The Kier molecular flexibility index (Phi) is 5.07. The molecule has 5 nitrogen and oxygen atoms in total. The van der Waals surface area contributed by atoms with Crippen LogP contribution in [-0.4, -0.2) is 42.7 Å². The van der Waals surface area contributed by atoms with Gasteiger partial charge in [-0.15, -0.1) is 0 Å². The predicted octanol–water partition coefficient (Wildman–Crippen LogP) is 3.01. The van der Waals surface area contributed by atoms with Gasteiger partial charge in [0.15, 0.2) is 6.29 Å². The summed E-state index contributed by atoms with van der Waals surface area (Å²) in [6.07, 6.45) is -3.27. The van der Waals surface area contributed by atoms with Gasteiger partial charge in [0.05, 0.1) is 6.10 Å². The number of aliphatic hydroxyl groups is 1. The molecule has 1 N–H and O–H groups in total. The highest BCUT2D eigenvalue weighted by molar-refractivity contribution is 5.23. The van der Waals surface area contributed by atoms with E-state index in [4.69, 9.17) is 18.9 Å². The maximum Gasteiger partial charge on any atom is 0.185 e. The van der Waals surface area contributed by atoms with Crippen LogP contribution in [-0.2, 0) is 18.9 Å². The number of aliphatic hydroxyl groups excluding tert-OH is 1. The minimum atomic E-state index is -0.757. The Morgan fingerprint density at radius 1 is 0.808 bits per heavy atom. The van der Waals surface area contributed by atoms with Gasteiger partial charge >= 0.3 is 0 Å². The standard InChI is InChI=1S/C21H24O5/c1-13-16(22)18(23-2)20-19(24-13)17(14-9-5-3-6-10-14)25-21(26-20)15-11-7-4-8-12-15/h3-13,16-22H,1-2H3/t13-,16-,17-,18-,19-,20+,21-/m1/s1. The number of hydrogen-bond donors (Lipinski definition) is 1. The first kappa shape index (κ1) is 17.6. The lowest BCUT2D eigenvalue weighted by Gasteiger charge is -2.50. The second-order valence-corrected chi connectivity index (χ2v) is 6.81. The Labute approximate surface area is 153 Å². The van der Waals surface area contributed by atoms with Crippen LogP contribution in [0.3, 0.4) is 0 Å². The molecule has 2 aliphatic heterocycles. The average Bonchev–Trinajstić information content (AvgIpc) is 2.70. The summed E-state index contributed by atoms with van der Waals surface area (Å²) in [7, 11) is 1.59. The Hall–Kier alpha value is -1.76. The van der Waals surface area contributed by atoms with Crippen molar-refractivity contribution in [1.82, 2.24) is 0 Å². The molecule has 138 valence electrons. The van der Waals surface area contributed by atoms with Crippen LogP contribution in [0.25, 0.3) is 0 Å². The van der Waals surface area contributed by atoms with Gasteiger partial charge < -0.3 is 24.1 Å². The normalized spacial score (nSPS) is 37.1. The van der Waals surface area contributed by atoms with Gasteiger partial charge in [-0.3, -0.25) is 0 Å². The van der Waals surface area contributed by atoms with Crippen LogP contribution in [0.2, 0.25) is 0 Å². The third-order valence-corrected chi connectivity index (χ3v) is 5.16. The van der Waals surface area contributed by atoms with Crippen molar-refractivity contribution >= 4 is 0 Å². The van der Waals surface area contributed by atoms with Crippen molar-refractivity contribution in [3.8, 4) is 0 Å². The van der Waals surface area contributed by atoms with Crippen molar-refractivity contribution < 1.29 is 24.1 Å². The highest BCUT2D eigenvalue weighted by Gasteiger charge is 2.52. The third-order valence-electron chi connectivity index (χ3n) is 5.16. The van der Waals surface area contributed by atoms with Gasteiger partial charge in [0.2, 0.25) is 0 Å². The molecule has 2 aliphatic rings. The molecule has 2 aromatic carbocycles. The summed E-state index contributed by atoms with van der Waals surface area (Å²) in [5, 5.41) is 10.5. The van der Waals surface area contributed by atoms with Crippen LogP contribution < -0.4 is 0 Å². The first-order valence-electron chi connectivity index (χ1n) is 8.96. The van der Waals surface area contributed by atoms with Crippen LogP contribution >= 0.6 is 0 Å². The molecule has 2 aromatic rings. The molecule has 0 bridgehead atoms. The molecule has 4 rings (SSSR count). The van der Waals surface area contributed by atoms with Gasteiger partial charge in [-0.1, -0.05) is 60.7 Å². The van der Waals surface area contributed by atoms with E-state index in [-0.39, 0.29) is 18.3 Å². The van der Waals surface area contributed by atoms with Gasteiger partial charge in [0.25, 0.3) is 0 Å². The lowest BCUT2D eigenvalue weighted by molar-refractivity contribution is -0.354. The van der Waals surface area contributed by atoms with E-state index in [1.807, 2.05) is 67.6 Å². The molecule has 0 amide bonds. The van der Waals surface area contributed by atoms with E-state index in [1.54, 1.807) is 7.11 Å². The van der Waals surface area contributed by atoms with E-state index in [0.717, 1.165) is 11.1 Å². The summed E-state index contributed by atoms with van der Waals surface area (Å²) < 4.78 is 24.2. The van der Waals surface area contributed by atoms with Gasteiger partial charge in [0.1, 0.15) is 30.5 Å². The predicted molar refractivity (Wildman–Crippen MR) is 95.5 cm³/mol. The maximum atomic E-state index is 10.5. The van der Waals surface area contributed by atoms with E-state index in [2.05, 4.69) is 0 Å². The van der Waals surface area contributed by atoms with Gasteiger partial charge in [0, 0.05) is 12.7 Å². The molecule has 5 heteroatoms. The Morgan fingerprint density at radius 3 is 2.04 bits per heavy atom. The van der Waals surface area contributed by atoms with Crippen molar-refractivity contribution in [2.24, 2.45) is 0 Å². The minimum absolute atomic E-state index is 0.312. The molecule has 2 heterocycles. The summed E-state index contributed by atoms with van der Waals surface area (Å²) in [5.74, 6) is 0. The molecule has 2 saturated heterocycles. The fourth-order valence-corrected chi connectivity index (χ4v) is 3.79. The van der Waals surface area contributed by atoms with E-state index >= 15 is 0 Å². The summed E-state index contributed by atoms with van der Waals surface area (Å²) in [4.78, 5) is 0. The molecule has 0 saturated carbocycles. The summed E-state index contributed by atoms with van der Waals surface area (Å²) in [6, 6.07) is 19.8. The lowest BCUT2D eigenvalue weighted by atomic mass is 9.88. The minimum Gasteiger partial charge on any atom is -0.388 e. The SMILES string of the molecule is CO[C@@H]1[C@H](O)[C@@H](C)O[C@H]2[C@H]1O[C@H](c1ccccc1)O[C@@H]2c1ccccc1. The molecule has 26 heavy (non-hydrogen) atoms. The first-order chi connectivity index (χ1) is 12.7. The van der Waals surface area contributed by atoms with Crippen molar-refractivity contribution in [1.29, 1.82) is 0 Å². The zero-order chi connectivity index (χ0) is 18.1. The molecular formula is C21H24O5. The van der Waals surface area contributed by atoms with Gasteiger partial charge in [-0.25, -0.2) is 0 Å². The molecular weight excluding hydrogens is 332 g/mol.